The molecule has 8 heteroatoms. The largest absolute Gasteiger partial charge is 0.444 e. The van der Waals surface area contributed by atoms with Gasteiger partial charge in [0.1, 0.15) is 5.69 Å². The summed E-state index contributed by atoms with van der Waals surface area (Å²) in [7, 11) is 0. The zero-order valence-corrected chi connectivity index (χ0v) is 17.0. The topological polar surface area (TPSA) is 102 Å². The molecule has 1 aliphatic carbocycles. The van der Waals surface area contributed by atoms with Crippen LogP contribution < -0.4 is 5.32 Å². The van der Waals surface area contributed by atoms with Crippen molar-refractivity contribution in [3.8, 4) is 0 Å². The predicted molar refractivity (Wildman–Crippen MR) is 112 cm³/mol. The lowest BCUT2D eigenvalue weighted by Gasteiger charge is -2.25. The van der Waals surface area contributed by atoms with E-state index < -0.39 is 17.0 Å². The molecule has 0 aliphatic heterocycles. The number of ether oxygens (including phenoxy) is 1. The highest BCUT2D eigenvalue weighted by molar-refractivity contribution is 5.94. The highest BCUT2D eigenvalue weighted by Crippen LogP contribution is 2.32. The zero-order valence-electron chi connectivity index (χ0n) is 17.0. The second-order valence-electron chi connectivity index (χ2n) is 7.11. The Labute approximate surface area is 175 Å². The molecule has 1 amide bonds. The Balaban J connectivity index is 1.87. The standard InChI is InChI=1S/C22H25N3O5/c1-3-24(4-2)21(26)20(15-8-6-5-7-9-15)30-22(27)16-10-13-18(23-17-11-12-17)19(14-16)25(28)29/h5-10,13-14,17,20,23H,3-4,11-12H2,1-2H3/t20-/m1/s1. The molecule has 0 radical (unpaired) electrons. The number of benzene rings is 2. The molecule has 1 fully saturated rings. The Bertz CT molecular complexity index is 924. The number of nitro benzene ring substituents is 1. The third-order valence-corrected chi connectivity index (χ3v) is 4.99. The predicted octanol–water partition coefficient (Wildman–Crippen LogP) is 3.94. The number of likely N-dealkylation sites (N-methyl/N-ethyl adjacent to an activating group) is 1. The normalized spacial score (nSPS) is 13.9. The quantitative estimate of drug-likeness (QED) is 0.381. The maximum Gasteiger partial charge on any atom is 0.339 e. The lowest BCUT2D eigenvalue weighted by molar-refractivity contribution is -0.384. The molecule has 0 bridgehead atoms. The SMILES string of the molecule is CCN(CC)C(=O)[C@H](OC(=O)c1ccc(NC2CC2)c([N+](=O)[O-])c1)c1ccccc1. The number of esters is 1. The van der Waals surface area contributed by atoms with Crippen LogP contribution in [0.25, 0.3) is 0 Å². The van der Waals surface area contributed by atoms with Gasteiger partial charge in [0.05, 0.1) is 10.5 Å². The average Bonchev–Trinajstić information content (AvgIpc) is 3.57. The number of hydrogen-bond acceptors (Lipinski definition) is 6. The number of hydrogen-bond donors (Lipinski definition) is 1. The van der Waals surface area contributed by atoms with Crippen LogP contribution in [0.3, 0.4) is 0 Å². The van der Waals surface area contributed by atoms with Crippen molar-refractivity contribution in [3.05, 3.63) is 69.8 Å². The fourth-order valence-electron chi connectivity index (χ4n) is 3.14. The smallest absolute Gasteiger partial charge is 0.339 e. The summed E-state index contributed by atoms with van der Waals surface area (Å²) < 4.78 is 5.56. The Morgan fingerprint density at radius 3 is 2.40 bits per heavy atom. The molecular weight excluding hydrogens is 386 g/mol. The zero-order chi connectivity index (χ0) is 21.7. The molecule has 8 nitrogen and oxygen atoms in total. The monoisotopic (exact) mass is 411 g/mol. The summed E-state index contributed by atoms with van der Waals surface area (Å²) in [6, 6.07) is 13.2. The van der Waals surface area contributed by atoms with E-state index in [0.29, 0.717) is 24.3 Å². The number of anilines is 1. The minimum absolute atomic E-state index is 0.0244. The summed E-state index contributed by atoms with van der Waals surface area (Å²) >= 11 is 0. The second-order valence-corrected chi connectivity index (χ2v) is 7.11. The molecule has 0 saturated heterocycles. The van der Waals surface area contributed by atoms with Gasteiger partial charge in [0.2, 0.25) is 6.10 Å². The number of carbonyl (C=O) groups excluding carboxylic acids is 2. The molecule has 0 spiro atoms. The van der Waals surface area contributed by atoms with Crippen LogP contribution in [0.2, 0.25) is 0 Å². The van der Waals surface area contributed by atoms with Gasteiger partial charge in [-0.2, -0.15) is 0 Å². The number of nitro groups is 1. The Morgan fingerprint density at radius 1 is 1.17 bits per heavy atom. The van der Waals surface area contributed by atoms with Gasteiger partial charge in [-0.3, -0.25) is 14.9 Å². The minimum Gasteiger partial charge on any atom is -0.444 e. The summed E-state index contributed by atoms with van der Waals surface area (Å²) in [5.74, 6) is -1.12. The van der Waals surface area contributed by atoms with Gasteiger partial charge in [-0.15, -0.1) is 0 Å². The number of rotatable bonds is 9. The second kappa shape index (κ2) is 9.39. The van der Waals surface area contributed by atoms with Crippen molar-refractivity contribution in [3.63, 3.8) is 0 Å². The lowest BCUT2D eigenvalue weighted by Crippen LogP contribution is -2.36. The van der Waals surface area contributed by atoms with Crippen molar-refractivity contribution in [2.45, 2.75) is 38.8 Å². The first-order valence-corrected chi connectivity index (χ1v) is 10.0. The van der Waals surface area contributed by atoms with Gasteiger partial charge in [0.15, 0.2) is 0 Å². The number of nitrogens with one attached hydrogen (secondary N) is 1. The molecule has 0 unspecified atom stereocenters. The number of nitrogens with zero attached hydrogens (tertiary/aromatic N) is 2. The van der Waals surface area contributed by atoms with Gasteiger partial charge in [-0.1, -0.05) is 30.3 Å². The molecule has 30 heavy (non-hydrogen) atoms. The maximum atomic E-state index is 13.0. The molecule has 1 aliphatic rings. The van der Waals surface area contributed by atoms with Crippen molar-refractivity contribution < 1.29 is 19.2 Å². The average molecular weight is 411 g/mol. The number of amides is 1. The van der Waals surface area contributed by atoms with Crippen molar-refractivity contribution in [1.29, 1.82) is 0 Å². The summed E-state index contributed by atoms with van der Waals surface area (Å²) in [6.45, 7) is 4.65. The highest BCUT2D eigenvalue weighted by Gasteiger charge is 2.30. The molecule has 2 aromatic rings. The van der Waals surface area contributed by atoms with Crippen LogP contribution in [0.4, 0.5) is 11.4 Å². The van der Waals surface area contributed by atoms with Crippen molar-refractivity contribution in [1.82, 2.24) is 4.90 Å². The van der Waals surface area contributed by atoms with E-state index in [1.165, 1.54) is 18.2 Å². The van der Waals surface area contributed by atoms with Crippen LogP contribution in [0.5, 0.6) is 0 Å². The van der Waals surface area contributed by atoms with Crippen LogP contribution in [0.1, 0.15) is 48.7 Å². The summed E-state index contributed by atoms with van der Waals surface area (Å²) in [5, 5.41) is 14.6. The summed E-state index contributed by atoms with van der Waals surface area (Å²) in [6.07, 6.45) is 0.808. The Kier molecular flexibility index (Phi) is 6.66. The van der Waals surface area contributed by atoms with E-state index in [9.17, 15) is 19.7 Å². The molecular formula is C22H25N3O5. The molecule has 158 valence electrons. The van der Waals surface area contributed by atoms with Gasteiger partial charge >= 0.3 is 5.97 Å². The fraction of sp³-hybridized carbons (Fsp3) is 0.364. The molecule has 0 heterocycles. The van der Waals surface area contributed by atoms with Crippen LogP contribution in [0.15, 0.2) is 48.5 Å². The van der Waals surface area contributed by atoms with Gasteiger partial charge in [0.25, 0.3) is 11.6 Å². The fourth-order valence-corrected chi connectivity index (χ4v) is 3.14. The molecule has 0 aromatic heterocycles. The van der Waals surface area contributed by atoms with Gasteiger partial charge < -0.3 is 15.0 Å². The first-order valence-electron chi connectivity index (χ1n) is 10.0. The first kappa shape index (κ1) is 21.3. The van der Waals surface area contributed by atoms with Crippen LogP contribution in [-0.2, 0) is 9.53 Å². The lowest BCUT2D eigenvalue weighted by atomic mass is 10.1. The van der Waals surface area contributed by atoms with Crippen molar-refractivity contribution >= 4 is 23.3 Å². The Hall–Kier alpha value is -3.42. The first-order chi connectivity index (χ1) is 14.4. The van der Waals surface area contributed by atoms with E-state index in [4.69, 9.17) is 4.74 Å². The van der Waals surface area contributed by atoms with E-state index in [-0.39, 0.29) is 23.2 Å². The van der Waals surface area contributed by atoms with E-state index >= 15 is 0 Å². The van der Waals surface area contributed by atoms with Crippen molar-refractivity contribution in [2.75, 3.05) is 18.4 Å². The molecule has 1 atom stereocenters. The highest BCUT2D eigenvalue weighted by atomic mass is 16.6. The minimum atomic E-state index is -1.12. The third kappa shape index (κ3) is 4.94. The van der Waals surface area contributed by atoms with E-state index in [1.54, 1.807) is 35.2 Å². The summed E-state index contributed by atoms with van der Waals surface area (Å²) in [5.41, 5.74) is 0.751. The molecule has 1 saturated carbocycles. The van der Waals surface area contributed by atoms with Crippen molar-refractivity contribution in [2.24, 2.45) is 0 Å². The van der Waals surface area contributed by atoms with Crippen LogP contribution in [-0.4, -0.2) is 40.8 Å². The third-order valence-electron chi connectivity index (χ3n) is 4.99. The van der Waals surface area contributed by atoms with E-state index in [1.807, 2.05) is 13.8 Å². The van der Waals surface area contributed by atoms with Gasteiger partial charge in [-0.05, 0) is 38.8 Å². The van der Waals surface area contributed by atoms with Crippen LogP contribution >= 0.6 is 0 Å². The van der Waals surface area contributed by atoms with Crippen LogP contribution in [0, 0.1) is 10.1 Å². The molecule has 3 rings (SSSR count). The number of carbonyl (C=O) groups is 2. The van der Waals surface area contributed by atoms with E-state index in [2.05, 4.69) is 5.32 Å². The van der Waals surface area contributed by atoms with Gasteiger partial charge in [0, 0.05) is 30.8 Å². The Morgan fingerprint density at radius 2 is 1.83 bits per heavy atom. The van der Waals surface area contributed by atoms with E-state index in [0.717, 1.165) is 12.8 Å². The van der Waals surface area contributed by atoms with Gasteiger partial charge in [-0.25, -0.2) is 4.79 Å². The maximum absolute atomic E-state index is 13.0. The molecule has 1 N–H and O–H groups in total. The summed E-state index contributed by atoms with van der Waals surface area (Å²) in [4.78, 5) is 38.3. The molecule has 2 aromatic carbocycles.